The normalized spacial score (nSPS) is 21.6. The minimum atomic E-state index is -1.09. The van der Waals surface area contributed by atoms with Crippen molar-refractivity contribution in [1.29, 1.82) is 5.26 Å². The first-order chi connectivity index (χ1) is 21.9. The molecule has 0 bridgehead atoms. The summed E-state index contributed by atoms with van der Waals surface area (Å²) in [6.07, 6.45) is 4.60. The van der Waals surface area contributed by atoms with E-state index >= 15 is 0 Å². The molecule has 2 fully saturated rings. The van der Waals surface area contributed by atoms with Crippen LogP contribution in [0.3, 0.4) is 0 Å². The fourth-order valence-electron chi connectivity index (χ4n) is 6.96. The molecule has 0 aliphatic carbocycles. The van der Waals surface area contributed by atoms with Gasteiger partial charge < -0.3 is 28.3 Å². The summed E-state index contributed by atoms with van der Waals surface area (Å²) in [7, 11) is 0. The zero-order valence-electron chi connectivity index (χ0n) is 24.9. The van der Waals surface area contributed by atoms with Crippen molar-refractivity contribution in [3.05, 3.63) is 88.9 Å². The lowest BCUT2D eigenvalue weighted by Crippen LogP contribution is -2.35. The van der Waals surface area contributed by atoms with Gasteiger partial charge in [-0.15, -0.1) is 0 Å². The fraction of sp³-hybridized carbons (Fsp3) is 0.343. The first kappa shape index (κ1) is 27.7. The van der Waals surface area contributed by atoms with Crippen LogP contribution in [0.1, 0.15) is 65.0 Å². The Hall–Kier alpha value is -4.85. The molecule has 8 rings (SSSR count). The standard InChI is InChI=1S/C35H32N4O6/c1-35(27-7-5-23(18-36)26-12-16-43-32(26)27)44-30-4-2-3-25(33(30)45-35)21-9-13-38(14-10-21)20-31-37-28-8-6-22(34(40)41)17-29(28)39(31)19-24-11-15-42-24/h2-8,12,16-17,21,24H,9-11,13-15,19-20H2,1H3,(H,40,41)/t24-,35?/m0/s1. The minimum absolute atomic E-state index is 0.126. The van der Waals surface area contributed by atoms with Crippen LogP contribution in [0.2, 0.25) is 0 Å². The Morgan fingerprint density at radius 1 is 1.11 bits per heavy atom. The monoisotopic (exact) mass is 604 g/mol. The predicted molar refractivity (Wildman–Crippen MR) is 164 cm³/mol. The number of aromatic nitrogens is 2. The summed E-state index contributed by atoms with van der Waals surface area (Å²) >= 11 is 0. The van der Waals surface area contributed by atoms with E-state index in [2.05, 4.69) is 21.6 Å². The molecular formula is C35H32N4O6. The van der Waals surface area contributed by atoms with E-state index in [0.29, 0.717) is 35.9 Å². The molecule has 0 saturated carbocycles. The van der Waals surface area contributed by atoms with Crippen molar-refractivity contribution in [3.8, 4) is 17.6 Å². The van der Waals surface area contributed by atoms with E-state index in [4.69, 9.17) is 23.6 Å². The molecule has 10 heteroatoms. The summed E-state index contributed by atoms with van der Waals surface area (Å²) in [6, 6.07) is 18.9. The molecule has 2 saturated heterocycles. The number of likely N-dealkylation sites (tertiary alicyclic amines) is 1. The van der Waals surface area contributed by atoms with Gasteiger partial charge in [0.05, 0.1) is 59.2 Å². The van der Waals surface area contributed by atoms with Crippen LogP contribution < -0.4 is 9.47 Å². The zero-order chi connectivity index (χ0) is 30.7. The second-order valence-electron chi connectivity index (χ2n) is 12.2. The average molecular weight is 605 g/mol. The van der Waals surface area contributed by atoms with Crippen molar-refractivity contribution in [2.75, 3.05) is 19.7 Å². The molecule has 2 aromatic heterocycles. The van der Waals surface area contributed by atoms with Gasteiger partial charge >= 0.3 is 5.97 Å². The SMILES string of the molecule is CC1(c2ccc(C#N)c3ccoc23)Oc2cccc(C3CCN(Cc4nc5ccc(C(=O)O)cc5n4C[C@@H]4CCO4)CC3)c2O1. The van der Waals surface area contributed by atoms with Crippen molar-refractivity contribution < 1.29 is 28.5 Å². The van der Waals surface area contributed by atoms with E-state index in [1.54, 1.807) is 36.6 Å². The number of ether oxygens (including phenoxy) is 3. The Morgan fingerprint density at radius 2 is 1.96 bits per heavy atom. The highest BCUT2D eigenvalue weighted by molar-refractivity contribution is 5.92. The molecule has 0 amide bonds. The third-order valence-electron chi connectivity index (χ3n) is 9.48. The van der Waals surface area contributed by atoms with Gasteiger partial charge in [-0.1, -0.05) is 12.1 Å². The first-order valence-electron chi connectivity index (χ1n) is 15.4. The number of furan rings is 1. The van der Waals surface area contributed by atoms with Gasteiger partial charge in [-0.25, -0.2) is 9.78 Å². The maximum Gasteiger partial charge on any atom is 0.335 e. The molecule has 5 aromatic rings. The number of fused-ring (bicyclic) bond motifs is 3. The van der Waals surface area contributed by atoms with Crippen LogP contribution in [0.4, 0.5) is 0 Å². The number of piperidine rings is 1. The molecule has 1 unspecified atom stereocenters. The highest BCUT2D eigenvalue weighted by Crippen LogP contribution is 2.50. The number of imidazole rings is 1. The predicted octanol–water partition coefficient (Wildman–Crippen LogP) is 6.16. The van der Waals surface area contributed by atoms with E-state index in [0.717, 1.165) is 78.1 Å². The number of rotatable bonds is 7. The summed E-state index contributed by atoms with van der Waals surface area (Å²) in [5.74, 6) is 0.662. The molecule has 2 atom stereocenters. The number of aromatic carboxylic acids is 1. The van der Waals surface area contributed by atoms with E-state index in [1.165, 1.54) is 0 Å². The third kappa shape index (κ3) is 4.71. The smallest absolute Gasteiger partial charge is 0.335 e. The number of nitrogens with zero attached hydrogens (tertiary/aromatic N) is 4. The number of para-hydroxylation sites is 1. The molecule has 10 nitrogen and oxygen atoms in total. The van der Waals surface area contributed by atoms with Crippen LogP contribution in [0.5, 0.6) is 11.5 Å². The Balaban J connectivity index is 1.01. The van der Waals surface area contributed by atoms with E-state index in [-0.39, 0.29) is 11.7 Å². The van der Waals surface area contributed by atoms with Crippen molar-refractivity contribution >= 4 is 28.0 Å². The number of hydrogen-bond acceptors (Lipinski definition) is 8. The Morgan fingerprint density at radius 3 is 2.71 bits per heavy atom. The minimum Gasteiger partial charge on any atom is -0.478 e. The number of nitriles is 1. The summed E-state index contributed by atoms with van der Waals surface area (Å²) < 4.78 is 26.7. The largest absolute Gasteiger partial charge is 0.478 e. The lowest BCUT2D eigenvalue weighted by Gasteiger charge is -2.33. The topological polar surface area (TPSA) is 123 Å². The Kier molecular flexibility index (Phi) is 6.55. The molecule has 0 spiro atoms. The Bertz CT molecular complexity index is 1990. The van der Waals surface area contributed by atoms with E-state index in [1.807, 2.05) is 25.1 Å². The van der Waals surface area contributed by atoms with Crippen LogP contribution >= 0.6 is 0 Å². The number of hydrogen-bond donors (Lipinski definition) is 1. The van der Waals surface area contributed by atoms with Gasteiger partial charge in [0.25, 0.3) is 5.79 Å². The van der Waals surface area contributed by atoms with Crippen LogP contribution in [0.25, 0.3) is 22.0 Å². The molecule has 3 aliphatic rings. The van der Waals surface area contributed by atoms with Crippen molar-refractivity contribution in [2.45, 2.75) is 57.1 Å². The highest BCUT2D eigenvalue weighted by Gasteiger charge is 2.43. The number of carbonyl (C=O) groups is 1. The highest BCUT2D eigenvalue weighted by atomic mass is 16.7. The van der Waals surface area contributed by atoms with Gasteiger partial charge in [0, 0.05) is 24.5 Å². The van der Waals surface area contributed by atoms with Crippen LogP contribution in [0.15, 0.2) is 65.3 Å². The maximum absolute atomic E-state index is 11.7. The second kappa shape index (κ2) is 10.6. The molecule has 45 heavy (non-hydrogen) atoms. The van der Waals surface area contributed by atoms with Gasteiger partial charge in [0.1, 0.15) is 11.4 Å². The molecule has 228 valence electrons. The van der Waals surface area contributed by atoms with Gasteiger partial charge in [0.15, 0.2) is 11.5 Å². The lowest BCUT2D eigenvalue weighted by molar-refractivity contribution is -0.0678. The Labute approximate surface area is 259 Å². The van der Waals surface area contributed by atoms with E-state index in [9.17, 15) is 15.2 Å². The van der Waals surface area contributed by atoms with Crippen molar-refractivity contribution in [3.63, 3.8) is 0 Å². The molecule has 5 heterocycles. The molecule has 3 aromatic carbocycles. The second-order valence-corrected chi connectivity index (χ2v) is 12.2. The zero-order valence-corrected chi connectivity index (χ0v) is 24.9. The van der Waals surface area contributed by atoms with Gasteiger partial charge in [-0.2, -0.15) is 5.26 Å². The van der Waals surface area contributed by atoms with E-state index < -0.39 is 11.8 Å². The summed E-state index contributed by atoms with van der Waals surface area (Å²) in [5.41, 5.74) is 4.91. The average Bonchev–Trinajstić information content (AvgIpc) is 3.74. The number of carboxylic acids is 1. The quantitative estimate of drug-likeness (QED) is 0.232. The maximum atomic E-state index is 11.7. The van der Waals surface area contributed by atoms with Crippen molar-refractivity contribution in [2.24, 2.45) is 0 Å². The van der Waals surface area contributed by atoms with Crippen LogP contribution in [0, 0.1) is 11.3 Å². The van der Waals surface area contributed by atoms with Gasteiger partial charge in [0.2, 0.25) is 0 Å². The summed E-state index contributed by atoms with van der Waals surface area (Å²) in [4.78, 5) is 19.0. The number of benzene rings is 3. The molecule has 3 aliphatic heterocycles. The molecule has 0 radical (unpaired) electrons. The fourth-order valence-corrected chi connectivity index (χ4v) is 6.96. The summed E-state index contributed by atoms with van der Waals surface area (Å²) in [5, 5.41) is 19.8. The number of carboxylic acid groups (broad SMARTS) is 1. The lowest BCUT2D eigenvalue weighted by atomic mass is 9.88. The molecular weight excluding hydrogens is 572 g/mol. The first-order valence-corrected chi connectivity index (χ1v) is 15.4. The van der Waals surface area contributed by atoms with Gasteiger partial charge in [-0.3, -0.25) is 4.90 Å². The van der Waals surface area contributed by atoms with Crippen LogP contribution in [-0.4, -0.2) is 51.3 Å². The van der Waals surface area contributed by atoms with Crippen molar-refractivity contribution in [1.82, 2.24) is 14.5 Å². The van der Waals surface area contributed by atoms with Crippen LogP contribution in [-0.2, 0) is 23.6 Å². The molecule has 1 N–H and O–H groups in total. The third-order valence-corrected chi connectivity index (χ3v) is 9.48. The summed E-state index contributed by atoms with van der Waals surface area (Å²) in [6.45, 7) is 5.78. The van der Waals surface area contributed by atoms with Gasteiger partial charge in [-0.05, 0) is 80.7 Å².